The van der Waals surface area contributed by atoms with Crippen molar-refractivity contribution in [2.75, 3.05) is 39.0 Å². The van der Waals surface area contributed by atoms with Crippen LogP contribution in [0.2, 0.25) is 0 Å². The maximum atomic E-state index is 12.4. The van der Waals surface area contributed by atoms with Crippen molar-refractivity contribution < 1.29 is 4.79 Å². The smallest absolute Gasteiger partial charge is 0.317 e. The average Bonchev–Trinajstić information content (AvgIpc) is 3.17. The topological polar surface area (TPSA) is 53.4 Å². The number of aryl methyl sites for hydroxylation is 1. The predicted molar refractivity (Wildman–Crippen MR) is 89.0 cm³/mol. The molecule has 0 aromatic carbocycles. The molecule has 7 heteroatoms. The van der Waals surface area contributed by atoms with E-state index in [0.29, 0.717) is 11.8 Å². The molecule has 0 aliphatic carbocycles. The van der Waals surface area contributed by atoms with Crippen molar-refractivity contribution in [2.24, 2.45) is 7.05 Å². The SMILES string of the molecule is CN1CCN(C(=O)NC[C@H]2CCCS2)C[C@H]1c1nccn1C. The van der Waals surface area contributed by atoms with Crippen LogP contribution < -0.4 is 5.32 Å². The molecule has 3 rings (SSSR count). The lowest BCUT2D eigenvalue weighted by Gasteiger charge is -2.39. The average molecular weight is 323 g/mol. The first-order chi connectivity index (χ1) is 10.6. The molecule has 0 spiro atoms. The lowest BCUT2D eigenvalue weighted by atomic mass is 10.1. The monoisotopic (exact) mass is 323 g/mol. The maximum Gasteiger partial charge on any atom is 0.317 e. The van der Waals surface area contributed by atoms with Gasteiger partial charge in [0.2, 0.25) is 0 Å². The van der Waals surface area contributed by atoms with Gasteiger partial charge >= 0.3 is 6.03 Å². The minimum Gasteiger partial charge on any atom is -0.337 e. The molecular weight excluding hydrogens is 298 g/mol. The fraction of sp³-hybridized carbons (Fsp3) is 0.733. The van der Waals surface area contributed by atoms with Crippen molar-refractivity contribution in [2.45, 2.75) is 24.1 Å². The normalized spacial score (nSPS) is 26.4. The standard InChI is InChI=1S/C15H25N5OS/c1-18-7-8-20(11-13(18)14-16-5-6-19(14)2)15(21)17-10-12-4-3-9-22-12/h5-6,12-13H,3-4,7-11H2,1-2H3,(H,17,21)/t12-,13+/m1/s1. The van der Waals surface area contributed by atoms with Gasteiger partial charge in [0.1, 0.15) is 5.82 Å². The Bertz CT molecular complexity index is 514. The molecule has 0 unspecified atom stereocenters. The molecule has 0 bridgehead atoms. The highest BCUT2D eigenvalue weighted by Gasteiger charge is 2.31. The van der Waals surface area contributed by atoms with E-state index in [1.807, 2.05) is 40.7 Å². The van der Waals surface area contributed by atoms with Crippen LogP contribution >= 0.6 is 11.8 Å². The first-order valence-corrected chi connectivity index (χ1v) is 9.02. The number of piperazine rings is 1. The third kappa shape index (κ3) is 3.41. The number of thioether (sulfide) groups is 1. The second-order valence-electron chi connectivity index (χ2n) is 6.16. The van der Waals surface area contributed by atoms with E-state index in [9.17, 15) is 4.79 Å². The summed E-state index contributed by atoms with van der Waals surface area (Å²) in [5, 5.41) is 3.71. The van der Waals surface area contributed by atoms with Gasteiger partial charge in [0.15, 0.2) is 0 Å². The Hall–Kier alpha value is -1.21. The number of rotatable bonds is 3. The summed E-state index contributed by atoms with van der Waals surface area (Å²) in [4.78, 5) is 21.1. The van der Waals surface area contributed by atoms with Crippen molar-refractivity contribution in [1.82, 2.24) is 24.7 Å². The van der Waals surface area contributed by atoms with Crippen LogP contribution in [0.5, 0.6) is 0 Å². The largest absolute Gasteiger partial charge is 0.337 e. The lowest BCUT2D eigenvalue weighted by molar-refractivity contribution is 0.104. The Balaban J connectivity index is 1.57. The molecule has 3 heterocycles. The van der Waals surface area contributed by atoms with Crippen LogP contribution in [0.4, 0.5) is 4.79 Å². The van der Waals surface area contributed by atoms with E-state index in [-0.39, 0.29) is 12.1 Å². The number of hydrogen-bond donors (Lipinski definition) is 1. The number of aromatic nitrogens is 2. The number of urea groups is 1. The van der Waals surface area contributed by atoms with Crippen molar-refractivity contribution in [1.29, 1.82) is 0 Å². The van der Waals surface area contributed by atoms with E-state index in [1.54, 1.807) is 0 Å². The number of imidazole rings is 1. The summed E-state index contributed by atoms with van der Waals surface area (Å²) in [5.41, 5.74) is 0. The highest BCUT2D eigenvalue weighted by atomic mass is 32.2. The molecule has 122 valence electrons. The maximum absolute atomic E-state index is 12.4. The van der Waals surface area contributed by atoms with E-state index >= 15 is 0 Å². The summed E-state index contributed by atoms with van der Waals surface area (Å²) in [6, 6.07) is 0.236. The van der Waals surface area contributed by atoms with Gasteiger partial charge < -0.3 is 14.8 Å². The highest BCUT2D eigenvalue weighted by Crippen LogP contribution is 2.25. The summed E-state index contributed by atoms with van der Waals surface area (Å²) in [5.74, 6) is 2.25. The van der Waals surface area contributed by atoms with Gasteiger partial charge in [-0.15, -0.1) is 0 Å². The van der Waals surface area contributed by atoms with E-state index in [1.165, 1.54) is 18.6 Å². The van der Waals surface area contributed by atoms with Crippen LogP contribution in [0, 0.1) is 0 Å². The molecule has 6 nitrogen and oxygen atoms in total. The van der Waals surface area contributed by atoms with Crippen molar-refractivity contribution in [3.05, 3.63) is 18.2 Å². The van der Waals surface area contributed by atoms with Crippen LogP contribution in [0.15, 0.2) is 12.4 Å². The number of nitrogens with one attached hydrogen (secondary N) is 1. The second-order valence-corrected chi connectivity index (χ2v) is 7.57. The first kappa shape index (κ1) is 15.7. The van der Waals surface area contributed by atoms with E-state index in [2.05, 4.69) is 22.2 Å². The molecule has 0 radical (unpaired) electrons. The molecule has 2 amide bonds. The van der Waals surface area contributed by atoms with Gasteiger partial charge in [-0.05, 0) is 25.6 Å². The number of carbonyl (C=O) groups is 1. The van der Waals surface area contributed by atoms with Crippen LogP contribution in [-0.4, -0.2) is 69.6 Å². The van der Waals surface area contributed by atoms with Gasteiger partial charge in [-0.1, -0.05) is 0 Å². The molecule has 2 fully saturated rings. The van der Waals surface area contributed by atoms with Crippen LogP contribution in [0.1, 0.15) is 24.7 Å². The van der Waals surface area contributed by atoms with Crippen molar-refractivity contribution in [3.8, 4) is 0 Å². The Morgan fingerprint density at radius 1 is 1.45 bits per heavy atom. The second kappa shape index (κ2) is 6.91. The molecule has 2 aliphatic heterocycles. The minimum atomic E-state index is 0.0693. The molecular formula is C15H25N5OS. The quantitative estimate of drug-likeness (QED) is 0.911. The number of carbonyl (C=O) groups excluding carboxylic acids is 1. The predicted octanol–water partition coefficient (Wildman–Crippen LogP) is 1.31. The molecule has 2 atom stereocenters. The molecule has 22 heavy (non-hydrogen) atoms. The van der Waals surface area contributed by atoms with E-state index in [0.717, 1.165) is 25.5 Å². The van der Waals surface area contributed by atoms with E-state index in [4.69, 9.17) is 0 Å². The fourth-order valence-corrected chi connectivity index (χ4v) is 4.35. The van der Waals surface area contributed by atoms with Gasteiger partial charge in [0, 0.05) is 50.9 Å². The van der Waals surface area contributed by atoms with Crippen LogP contribution in [-0.2, 0) is 7.05 Å². The Morgan fingerprint density at radius 3 is 3.00 bits per heavy atom. The molecule has 1 N–H and O–H groups in total. The number of nitrogens with zero attached hydrogens (tertiary/aromatic N) is 4. The molecule has 2 aliphatic rings. The van der Waals surface area contributed by atoms with Gasteiger partial charge in [-0.3, -0.25) is 4.90 Å². The van der Waals surface area contributed by atoms with Gasteiger partial charge in [0.05, 0.1) is 6.04 Å². The third-order valence-corrected chi connectivity index (χ3v) is 5.99. The summed E-state index contributed by atoms with van der Waals surface area (Å²) in [6.45, 7) is 3.15. The zero-order valence-corrected chi connectivity index (χ0v) is 14.2. The van der Waals surface area contributed by atoms with Crippen LogP contribution in [0.3, 0.4) is 0 Å². The first-order valence-electron chi connectivity index (χ1n) is 7.97. The van der Waals surface area contributed by atoms with E-state index < -0.39 is 0 Å². The minimum absolute atomic E-state index is 0.0693. The van der Waals surface area contributed by atoms with Gasteiger partial charge in [-0.2, -0.15) is 11.8 Å². The molecule has 1 aromatic rings. The van der Waals surface area contributed by atoms with Crippen molar-refractivity contribution in [3.63, 3.8) is 0 Å². The van der Waals surface area contributed by atoms with Gasteiger partial charge in [-0.25, -0.2) is 9.78 Å². The third-order valence-electron chi connectivity index (χ3n) is 4.60. The summed E-state index contributed by atoms with van der Waals surface area (Å²) < 4.78 is 2.04. The Kier molecular flexibility index (Phi) is 4.93. The van der Waals surface area contributed by atoms with Crippen LogP contribution in [0.25, 0.3) is 0 Å². The summed E-state index contributed by atoms with van der Waals surface area (Å²) in [7, 11) is 4.11. The molecule has 2 saturated heterocycles. The number of hydrogen-bond acceptors (Lipinski definition) is 4. The number of likely N-dealkylation sites (N-methyl/N-ethyl adjacent to an activating group) is 1. The Labute approximate surface area is 136 Å². The molecule has 0 saturated carbocycles. The zero-order valence-electron chi connectivity index (χ0n) is 13.4. The molecule has 1 aromatic heterocycles. The highest BCUT2D eigenvalue weighted by molar-refractivity contribution is 8.00. The van der Waals surface area contributed by atoms with Gasteiger partial charge in [0.25, 0.3) is 0 Å². The zero-order chi connectivity index (χ0) is 15.5. The number of amides is 2. The summed E-state index contributed by atoms with van der Waals surface area (Å²) in [6.07, 6.45) is 6.28. The fourth-order valence-electron chi connectivity index (χ4n) is 3.15. The summed E-state index contributed by atoms with van der Waals surface area (Å²) >= 11 is 1.98. The lowest BCUT2D eigenvalue weighted by Crippen LogP contribution is -2.53. The van der Waals surface area contributed by atoms with Crippen molar-refractivity contribution >= 4 is 17.8 Å². The Morgan fingerprint density at radius 2 is 2.32 bits per heavy atom.